The summed E-state index contributed by atoms with van der Waals surface area (Å²) in [5.74, 6) is 0. The Kier molecular flexibility index (Phi) is 3.06. The van der Waals surface area contributed by atoms with Crippen LogP contribution in [-0.2, 0) is 0 Å². The average Bonchev–Trinajstić information content (AvgIpc) is 2.28. The molecule has 0 spiro atoms. The van der Waals surface area contributed by atoms with E-state index in [2.05, 4.69) is 37.3 Å². The number of aryl methyl sites for hydroxylation is 1. The maximum atomic E-state index is 5.86. The zero-order valence-electron chi connectivity index (χ0n) is 9.35. The summed E-state index contributed by atoms with van der Waals surface area (Å²) >= 11 is 0. The van der Waals surface area contributed by atoms with E-state index in [1.54, 1.807) is 0 Å². The fourth-order valence-corrected chi connectivity index (χ4v) is 1.62. The lowest BCUT2D eigenvalue weighted by Crippen LogP contribution is -1.87. The fourth-order valence-electron chi connectivity index (χ4n) is 1.62. The summed E-state index contributed by atoms with van der Waals surface area (Å²) in [5, 5.41) is 0. The van der Waals surface area contributed by atoms with Gasteiger partial charge < -0.3 is 5.73 Å². The van der Waals surface area contributed by atoms with Gasteiger partial charge >= 0.3 is 0 Å². The molecule has 0 fully saturated rings. The maximum absolute atomic E-state index is 5.86. The van der Waals surface area contributed by atoms with Crippen LogP contribution in [0.1, 0.15) is 16.7 Å². The van der Waals surface area contributed by atoms with Crippen LogP contribution in [0.5, 0.6) is 0 Å². The third-order valence-corrected chi connectivity index (χ3v) is 2.49. The van der Waals surface area contributed by atoms with Crippen molar-refractivity contribution < 1.29 is 0 Å². The predicted octanol–water partition coefficient (Wildman–Crippen LogP) is 3.75. The molecule has 1 nitrogen and oxygen atoms in total. The molecule has 16 heavy (non-hydrogen) atoms. The highest BCUT2D eigenvalue weighted by Gasteiger charge is 1.92. The molecule has 0 saturated carbocycles. The van der Waals surface area contributed by atoms with E-state index in [-0.39, 0.29) is 0 Å². The van der Waals surface area contributed by atoms with Gasteiger partial charge in [-0.25, -0.2) is 0 Å². The fraction of sp³-hybridized carbons (Fsp3) is 0.0667. The minimum absolute atomic E-state index is 0.811. The lowest BCUT2D eigenvalue weighted by Gasteiger charge is -1.99. The molecule has 80 valence electrons. The van der Waals surface area contributed by atoms with Crippen molar-refractivity contribution >= 4 is 17.8 Å². The van der Waals surface area contributed by atoms with Crippen LogP contribution < -0.4 is 5.73 Å². The average molecular weight is 209 g/mol. The summed E-state index contributed by atoms with van der Waals surface area (Å²) in [5.41, 5.74) is 10.2. The highest BCUT2D eigenvalue weighted by atomic mass is 14.5. The summed E-state index contributed by atoms with van der Waals surface area (Å²) in [4.78, 5) is 0. The van der Waals surface area contributed by atoms with Gasteiger partial charge in [0.2, 0.25) is 0 Å². The smallest absolute Gasteiger partial charge is 0.0387 e. The van der Waals surface area contributed by atoms with Gasteiger partial charge in [0.1, 0.15) is 0 Å². The first-order valence-corrected chi connectivity index (χ1v) is 5.35. The van der Waals surface area contributed by atoms with Crippen LogP contribution in [0.25, 0.3) is 12.2 Å². The van der Waals surface area contributed by atoms with Gasteiger partial charge in [-0.05, 0) is 24.1 Å². The molecule has 0 atom stereocenters. The third-order valence-electron chi connectivity index (χ3n) is 2.49. The predicted molar refractivity (Wildman–Crippen MR) is 71.0 cm³/mol. The van der Waals surface area contributed by atoms with Crippen molar-refractivity contribution in [3.63, 3.8) is 0 Å². The van der Waals surface area contributed by atoms with Crippen molar-refractivity contribution in [1.29, 1.82) is 0 Å². The summed E-state index contributed by atoms with van der Waals surface area (Å²) in [6, 6.07) is 16.2. The molecule has 0 saturated heterocycles. The van der Waals surface area contributed by atoms with Gasteiger partial charge in [-0.1, -0.05) is 60.2 Å². The van der Waals surface area contributed by atoms with Crippen molar-refractivity contribution in [2.45, 2.75) is 6.92 Å². The van der Waals surface area contributed by atoms with E-state index in [1.807, 2.05) is 30.3 Å². The molecule has 2 rings (SSSR count). The molecule has 0 unspecified atom stereocenters. The molecule has 2 N–H and O–H groups in total. The first-order valence-electron chi connectivity index (χ1n) is 5.35. The Morgan fingerprint density at radius 3 is 2.50 bits per heavy atom. The molecule has 1 heteroatoms. The van der Waals surface area contributed by atoms with Gasteiger partial charge in [-0.3, -0.25) is 0 Å². The topological polar surface area (TPSA) is 26.0 Å². The standard InChI is InChI=1S/C15H15N/c1-12-5-4-6-13(11-12)9-10-14-7-2-3-8-15(14)16/h2-11H,16H2,1H3. The van der Waals surface area contributed by atoms with Crippen LogP contribution in [0.15, 0.2) is 48.5 Å². The summed E-state index contributed by atoms with van der Waals surface area (Å²) in [6.07, 6.45) is 4.13. The number of nitrogen functional groups attached to an aromatic ring is 1. The van der Waals surface area contributed by atoms with Crippen LogP contribution in [0.4, 0.5) is 5.69 Å². The normalized spacial score (nSPS) is 10.8. The zero-order valence-corrected chi connectivity index (χ0v) is 9.35. The van der Waals surface area contributed by atoms with Crippen LogP contribution in [0, 0.1) is 6.92 Å². The number of benzene rings is 2. The quantitative estimate of drug-likeness (QED) is 0.591. The highest BCUT2D eigenvalue weighted by Crippen LogP contribution is 2.15. The van der Waals surface area contributed by atoms with Gasteiger partial charge in [-0.15, -0.1) is 0 Å². The molecule has 0 aliphatic heterocycles. The molecule has 2 aromatic carbocycles. The van der Waals surface area contributed by atoms with E-state index in [0.717, 1.165) is 11.3 Å². The summed E-state index contributed by atoms with van der Waals surface area (Å²) in [7, 11) is 0. The van der Waals surface area contributed by atoms with Gasteiger partial charge in [0.25, 0.3) is 0 Å². The van der Waals surface area contributed by atoms with Gasteiger partial charge in [0.15, 0.2) is 0 Å². The number of hydrogen-bond acceptors (Lipinski definition) is 1. The number of nitrogens with two attached hydrogens (primary N) is 1. The van der Waals surface area contributed by atoms with Gasteiger partial charge in [-0.2, -0.15) is 0 Å². The second-order valence-corrected chi connectivity index (χ2v) is 3.88. The molecular formula is C15H15N. The number of anilines is 1. The Morgan fingerprint density at radius 2 is 1.75 bits per heavy atom. The Hall–Kier alpha value is -2.02. The second kappa shape index (κ2) is 4.67. The minimum Gasteiger partial charge on any atom is -0.398 e. The molecule has 2 aromatic rings. The van der Waals surface area contributed by atoms with Gasteiger partial charge in [0.05, 0.1) is 0 Å². The van der Waals surface area contributed by atoms with Crippen LogP contribution in [0.3, 0.4) is 0 Å². The lowest BCUT2D eigenvalue weighted by atomic mass is 10.1. The van der Waals surface area contributed by atoms with Crippen LogP contribution in [-0.4, -0.2) is 0 Å². The summed E-state index contributed by atoms with van der Waals surface area (Å²) in [6.45, 7) is 2.09. The monoisotopic (exact) mass is 209 g/mol. The molecule has 0 amide bonds. The molecule has 0 aliphatic carbocycles. The van der Waals surface area contributed by atoms with Crippen LogP contribution in [0.2, 0.25) is 0 Å². The van der Waals surface area contributed by atoms with Crippen molar-refractivity contribution in [1.82, 2.24) is 0 Å². The summed E-state index contributed by atoms with van der Waals surface area (Å²) < 4.78 is 0. The first kappa shape index (κ1) is 10.5. The van der Waals surface area contributed by atoms with Crippen LogP contribution >= 0.6 is 0 Å². The third kappa shape index (κ3) is 2.51. The number of para-hydroxylation sites is 1. The zero-order chi connectivity index (χ0) is 11.4. The Morgan fingerprint density at radius 1 is 0.938 bits per heavy atom. The SMILES string of the molecule is Cc1cccc(C=Cc2ccccc2N)c1. The minimum atomic E-state index is 0.811. The first-order chi connectivity index (χ1) is 7.75. The molecule has 0 aromatic heterocycles. The van der Waals surface area contributed by atoms with E-state index in [0.29, 0.717) is 0 Å². The Balaban J connectivity index is 2.25. The lowest BCUT2D eigenvalue weighted by molar-refractivity contribution is 1.46. The van der Waals surface area contributed by atoms with Crippen molar-refractivity contribution in [2.24, 2.45) is 0 Å². The second-order valence-electron chi connectivity index (χ2n) is 3.88. The number of rotatable bonds is 2. The molecule has 0 bridgehead atoms. The molecule has 0 heterocycles. The Bertz CT molecular complexity index is 512. The van der Waals surface area contributed by atoms with E-state index in [1.165, 1.54) is 11.1 Å². The molecule has 0 radical (unpaired) electrons. The van der Waals surface area contributed by atoms with E-state index in [9.17, 15) is 0 Å². The van der Waals surface area contributed by atoms with E-state index < -0.39 is 0 Å². The Labute approximate surface area is 96.2 Å². The maximum Gasteiger partial charge on any atom is 0.0387 e. The van der Waals surface area contributed by atoms with Crippen molar-refractivity contribution in [3.8, 4) is 0 Å². The highest BCUT2D eigenvalue weighted by molar-refractivity contribution is 5.75. The largest absolute Gasteiger partial charge is 0.398 e. The van der Waals surface area contributed by atoms with E-state index >= 15 is 0 Å². The number of hydrogen-bond donors (Lipinski definition) is 1. The molecule has 0 aliphatic rings. The van der Waals surface area contributed by atoms with E-state index in [4.69, 9.17) is 5.73 Å². The van der Waals surface area contributed by atoms with Crippen molar-refractivity contribution in [3.05, 3.63) is 65.2 Å². The van der Waals surface area contributed by atoms with Gasteiger partial charge in [0, 0.05) is 5.69 Å². The van der Waals surface area contributed by atoms with Crippen molar-refractivity contribution in [2.75, 3.05) is 5.73 Å². The molecular weight excluding hydrogens is 194 g/mol.